The molecule has 116 valence electrons. The van der Waals surface area contributed by atoms with E-state index in [9.17, 15) is 4.79 Å². The Bertz CT molecular complexity index is 444. The quantitative estimate of drug-likeness (QED) is 0.735. The first-order chi connectivity index (χ1) is 10.2. The van der Waals surface area contributed by atoms with E-state index in [1.54, 1.807) is 7.11 Å². The summed E-state index contributed by atoms with van der Waals surface area (Å²) < 4.78 is 10.0. The molecule has 0 spiro atoms. The van der Waals surface area contributed by atoms with Crippen molar-refractivity contribution < 1.29 is 14.3 Å². The van der Waals surface area contributed by atoms with Gasteiger partial charge in [-0.25, -0.2) is 0 Å². The largest absolute Gasteiger partial charge is 0.497 e. The van der Waals surface area contributed by atoms with Crippen LogP contribution in [0.3, 0.4) is 0 Å². The zero-order valence-electron chi connectivity index (χ0n) is 13.2. The average Bonchev–Trinajstić information content (AvgIpc) is 2.55. The molecule has 0 atom stereocenters. The highest BCUT2D eigenvalue weighted by Gasteiger charge is 2.33. The van der Waals surface area contributed by atoms with Crippen molar-refractivity contribution >= 4 is 5.97 Å². The number of hydrogen-bond acceptors (Lipinski definition) is 3. The zero-order valence-corrected chi connectivity index (χ0v) is 13.2. The minimum Gasteiger partial charge on any atom is -0.497 e. The smallest absolute Gasteiger partial charge is 0.305 e. The van der Waals surface area contributed by atoms with Gasteiger partial charge in [0.05, 0.1) is 14.2 Å². The second kappa shape index (κ2) is 7.48. The third-order valence-corrected chi connectivity index (χ3v) is 4.78. The molecule has 1 fully saturated rings. The summed E-state index contributed by atoms with van der Waals surface area (Å²) in [5.74, 6) is 0.801. The van der Waals surface area contributed by atoms with Crippen molar-refractivity contribution in [3.8, 4) is 5.75 Å². The number of benzene rings is 1. The SMILES string of the molecule is COC(=O)CCCC1(c2ccc(OC)cc2)CCCCC1. The molecular weight excluding hydrogens is 264 g/mol. The van der Waals surface area contributed by atoms with Crippen molar-refractivity contribution in [1.29, 1.82) is 0 Å². The predicted octanol–water partition coefficient (Wildman–Crippen LogP) is 4.24. The summed E-state index contributed by atoms with van der Waals surface area (Å²) in [7, 11) is 3.16. The molecule has 1 aliphatic carbocycles. The Morgan fingerprint density at radius 1 is 1.10 bits per heavy atom. The van der Waals surface area contributed by atoms with Crippen molar-refractivity contribution in [1.82, 2.24) is 0 Å². The standard InChI is InChI=1S/C18H26O3/c1-20-16-10-8-15(9-11-16)18(12-4-3-5-13-18)14-6-7-17(19)21-2/h8-11H,3-7,12-14H2,1-2H3. The molecule has 0 radical (unpaired) electrons. The van der Waals surface area contributed by atoms with Gasteiger partial charge >= 0.3 is 5.97 Å². The van der Waals surface area contributed by atoms with Crippen LogP contribution < -0.4 is 4.74 Å². The lowest BCUT2D eigenvalue weighted by Crippen LogP contribution is -2.29. The van der Waals surface area contributed by atoms with Crippen LogP contribution in [0.5, 0.6) is 5.75 Å². The van der Waals surface area contributed by atoms with E-state index >= 15 is 0 Å². The van der Waals surface area contributed by atoms with Crippen molar-refractivity contribution in [2.45, 2.75) is 56.8 Å². The van der Waals surface area contributed by atoms with Crippen molar-refractivity contribution in [2.24, 2.45) is 0 Å². The lowest BCUT2D eigenvalue weighted by Gasteiger charge is -2.38. The summed E-state index contributed by atoms with van der Waals surface area (Å²) in [6, 6.07) is 8.49. The summed E-state index contributed by atoms with van der Waals surface area (Å²) in [6.07, 6.45) is 8.83. The molecule has 0 aromatic heterocycles. The number of hydrogen-bond donors (Lipinski definition) is 0. The molecule has 1 aromatic rings. The minimum atomic E-state index is -0.101. The average molecular weight is 290 g/mol. The van der Waals surface area contributed by atoms with Gasteiger partial charge in [0, 0.05) is 6.42 Å². The maximum atomic E-state index is 11.3. The Balaban J connectivity index is 2.09. The van der Waals surface area contributed by atoms with Crippen LogP contribution in [-0.2, 0) is 14.9 Å². The Labute approximate surface area is 127 Å². The van der Waals surface area contributed by atoms with E-state index in [2.05, 4.69) is 12.1 Å². The number of ether oxygens (including phenoxy) is 2. The normalized spacial score (nSPS) is 17.2. The molecule has 0 bridgehead atoms. The van der Waals surface area contributed by atoms with E-state index < -0.39 is 0 Å². The van der Waals surface area contributed by atoms with Gasteiger partial charge in [-0.3, -0.25) is 4.79 Å². The van der Waals surface area contributed by atoms with E-state index in [0.29, 0.717) is 6.42 Å². The second-order valence-electron chi connectivity index (χ2n) is 6.00. The van der Waals surface area contributed by atoms with E-state index in [1.807, 2.05) is 12.1 Å². The van der Waals surface area contributed by atoms with Crippen LogP contribution >= 0.6 is 0 Å². The molecule has 0 heterocycles. The molecule has 0 amide bonds. The number of carbonyl (C=O) groups is 1. The lowest BCUT2D eigenvalue weighted by atomic mass is 9.66. The van der Waals surface area contributed by atoms with Gasteiger partial charge in [-0.15, -0.1) is 0 Å². The molecule has 2 rings (SSSR count). The third-order valence-electron chi connectivity index (χ3n) is 4.78. The highest BCUT2D eigenvalue weighted by Crippen LogP contribution is 2.43. The molecule has 3 heteroatoms. The Morgan fingerprint density at radius 2 is 1.76 bits per heavy atom. The summed E-state index contributed by atoms with van der Waals surface area (Å²) in [5.41, 5.74) is 1.63. The lowest BCUT2D eigenvalue weighted by molar-refractivity contribution is -0.140. The fraction of sp³-hybridized carbons (Fsp3) is 0.611. The fourth-order valence-corrected chi connectivity index (χ4v) is 3.53. The molecule has 1 aliphatic rings. The van der Waals surface area contributed by atoms with E-state index in [4.69, 9.17) is 9.47 Å². The molecule has 3 nitrogen and oxygen atoms in total. The number of esters is 1. The minimum absolute atomic E-state index is 0.101. The molecule has 1 saturated carbocycles. The van der Waals surface area contributed by atoms with Gasteiger partial charge in [0.1, 0.15) is 5.75 Å². The molecule has 0 N–H and O–H groups in total. The van der Waals surface area contributed by atoms with Crippen LogP contribution in [-0.4, -0.2) is 20.2 Å². The van der Waals surface area contributed by atoms with E-state index in [1.165, 1.54) is 44.8 Å². The van der Waals surface area contributed by atoms with Crippen LogP contribution in [0.15, 0.2) is 24.3 Å². The molecule has 0 saturated heterocycles. The first kappa shape index (κ1) is 15.9. The van der Waals surface area contributed by atoms with E-state index in [0.717, 1.165) is 18.6 Å². The summed E-state index contributed by atoms with van der Waals surface area (Å²) in [4.78, 5) is 11.3. The zero-order chi connectivity index (χ0) is 15.1. The predicted molar refractivity (Wildman–Crippen MR) is 83.6 cm³/mol. The highest BCUT2D eigenvalue weighted by atomic mass is 16.5. The maximum absolute atomic E-state index is 11.3. The van der Waals surface area contributed by atoms with Crippen LogP contribution in [0, 0.1) is 0 Å². The van der Waals surface area contributed by atoms with Gasteiger partial charge < -0.3 is 9.47 Å². The Morgan fingerprint density at radius 3 is 2.33 bits per heavy atom. The fourth-order valence-electron chi connectivity index (χ4n) is 3.53. The van der Waals surface area contributed by atoms with Crippen LogP contribution in [0.2, 0.25) is 0 Å². The summed E-state index contributed by atoms with van der Waals surface area (Å²) in [6.45, 7) is 0. The van der Waals surface area contributed by atoms with Crippen LogP contribution in [0.25, 0.3) is 0 Å². The van der Waals surface area contributed by atoms with Crippen molar-refractivity contribution in [2.75, 3.05) is 14.2 Å². The first-order valence-electron chi connectivity index (χ1n) is 7.91. The highest BCUT2D eigenvalue weighted by molar-refractivity contribution is 5.69. The Hall–Kier alpha value is -1.51. The van der Waals surface area contributed by atoms with E-state index in [-0.39, 0.29) is 11.4 Å². The topological polar surface area (TPSA) is 35.5 Å². The molecule has 21 heavy (non-hydrogen) atoms. The van der Waals surface area contributed by atoms with Gasteiger partial charge in [0.2, 0.25) is 0 Å². The summed E-state index contributed by atoms with van der Waals surface area (Å²) >= 11 is 0. The van der Waals surface area contributed by atoms with Gasteiger partial charge in [-0.2, -0.15) is 0 Å². The third kappa shape index (κ3) is 3.99. The molecule has 0 unspecified atom stereocenters. The van der Waals surface area contributed by atoms with Gasteiger partial charge in [-0.1, -0.05) is 31.4 Å². The van der Waals surface area contributed by atoms with Crippen LogP contribution in [0.4, 0.5) is 0 Å². The number of carbonyl (C=O) groups excluding carboxylic acids is 1. The molecule has 1 aromatic carbocycles. The summed E-state index contributed by atoms with van der Waals surface area (Å²) in [5, 5.41) is 0. The first-order valence-corrected chi connectivity index (χ1v) is 7.91. The van der Waals surface area contributed by atoms with Crippen LogP contribution in [0.1, 0.15) is 56.9 Å². The van der Waals surface area contributed by atoms with Gasteiger partial charge in [-0.05, 0) is 48.8 Å². The second-order valence-corrected chi connectivity index (χ2v) is 6.00. The number of rotatable bonds is 6. The van der Waals surface area contributed by atoms with Crippen molar-refractivity contribution in [3.05, 3.63) is 29.8 Å². The Kier molecular flexibility index (Phi) is 5.66. The van der Waals surface area contributed by atoms with Crippen molar-refractivity contribution in [3.63, 3.8) is 0 Å². The molecule has 0 aliphatic heterocycles. The monoisotopic (exact) mass is 290 g/mol. The van der Waals surface area contributed by atoms with Gasteiger partial charge in [0.15, 0.2) is 0 Å². The number of methoxy groups -OCH3 is 2. The van der Waals surface area contributed by atoms with Gasteiger partial charge in [0.25, 0.3) is 0 Å². The maximum Gasteiger partial charge on any atom is 0.305 e. The molecular formula is C18H26O3.